The standard InChI is InChI=1S/C13H11F2NO.C6H7N/c14-10-6-12(16)13(7-11(10)15)17-8-9-4-2-1-3-5-9;7-6-4-2-1-3-5-6/h1-7H,8,16H2;1-5H,7H2. The molecule has 0 bridgehead atoms. The van der Waals surface area contributed by atoms with Gasteiger partial charge in [-0.05, 0) is 17.7 Å². The number of hydrogen-bond acceptors (Lipinski definition) is 3. The highest BCUT2D eigenvalue weighted by molar-refractivity contribution is 5.52. The summed E-state index contributed by atoms with van der Waals surface area (Å²) in [6, 6.07) is 20.7. The second-order valence-corrected chi connectivity index (χ2v) is 4.99. The van der Waals surface area contributed by atoms with Crippen LogP contribution in [0.1, 0.15) is 5.56 Å². The Hall–Kier alpha value is -3.08. The molecule has 0 spiro atoms. The maximum atomic E-state index is 13.0. The Balaban J connectivity index is 0.000000249. The van der Waals surface area contributed by atoms with E-state index in [9.17, 15) is 8.78 Å². The molecule has 0 atom stereocenters. The van der Waals surface area contributed by atoms with Crippen molar-refractivity contribution < 1.29 is 13.5 Å². The van der Waals surface area contributed by atoms with E-state index in [4.69, 9.17) is 16.2 Å². The van der Waals surface area contributed by atoms with Gasteiger partial charge in [0.25, 0.3) is 0 Å². The summed E-state index contributed by atoms with van der Waals surface area (Å²) in [4.78, 5) is 0. The second kappa shape index (κ2) is 8.53. The predicted molar refractivity (Wildman–Crippen MR) is 92.4 cm³/mol. The van der Waals surface area contributed by atoms with Gasteiger partial charge in [0.05, 0.1) is 5.69 Å². The molecule has 0 aromatic heterocycles. The van der Waals surface area contributed by atoms with Gasteiger partial charge in [-0.3, -0.25) is 0 Å². The van der Waals surface area contributed by atoms with Crippen molar-refractivity contribution in [2.75, 3.05) is 11.5 Å². The van der Waals surface area contributed by atoms with Crippen LogP contribution in [0.3, 0.4) is 0 Å². The highest BCUT2D eigenvalue weighted by atomic mass is 19.2. The number of benzene rings is 3. The van der Waals surface area contributed by atoms with Crippen LogP contribution in [0.25, 0.3) is 0 Å². The average Bonchev–Trinajstić information content (AvgIpc) is 2.59. The number of hydrogen-bond donors (Lipinski definition) is 2. The highest BCUT2D eigenvalue weighted by Gasteiger charge is 2.08. The summed E-state index contributed by atoms with van der Waals surface area (Å²) >= 11 is 0. The van der Waals surface area contributed by atoms with E-state index < -0.39 is 11.6 Å². The zero-order chi connectivity index (χ0) is 17.4. The van der Waals surface area contributed by atoms with Crippen LogP contribution in [0.5, 0.6) is 5.75 Å². The molecule has 0 saturated carbocycles. The topological polar surface area (TPSA) is 61.3 Å². The van der Waals surface area contributed by atoms with Crippen LogP contribution >= 0.6 is 0 Å². The number of anilines is 2. The van der Waals surface area contributed by atoms with Crippen molar-refractivity contribution in [3.8, 4) is 5.75 Å². The zero-order valence-corrected chi connectivity index (χ0v) is 13.0. The third kappa shape index (κ3) is 5.28. The molecule has 0 heterocycles. The molecule has 124 valence electrons. The van der Waals surface area contributed by atoms with Crippen molar-refractivity contribution in [2.24, 2.45) is 0 Å². The number of ether oxygens (including phenoxy) is 1. The third-order valence-electron chi connectivity index (χ3n) is 3.09. The second-order valence-electron chi connectivity index (χ2n) is 4.99. The Morgan fingerprint density at radius 3 is 1.83 bits per heavy atom. The molecule has 5 heteroatoms. The van der Waals surface area contributed by atoms with Crippen molar-refractivity contribution in [1.82, 2.24) is 0 Å². The molecule has 0 aliphatic rings. The molecular weight excluding hydrogens is 310 g/mol. The summed E-state index contributed by atoms with van der Waals surface area (Å²) in [6.45, 7) is 0.260. The van der Waals surface area contributed by atoms with Crippen LogP contribution in [0.4, 0.5) is 20.2 Å². The molecule has 0 unspecified atom stereocenters. The molecule has 0 amide bonds. The Kier molecular flexibility index (Phi) is 6.14. The number of nitrogens with two attached hydrogens (primary N) is 2. The zero-order valence-electron chi connectivity index (χ0n) is 13.0. The van der Waals surface area contributed by atoms with Crippen LogP contribution in [-0.2, 0) is 6.61 Å². The molecule has 0 saturated heterocycles. The Bertz CT molecular complexity index is 765. The molecule has 4 N–H and O–H groups in total. The smallest absolute Gasteiger partial charge is 0.162 e. The summed E-state index contributed by atoms with van der Waals surface area (Å²) in [5.74, 6) is -1.80. The van der Waals surface area contributed by atoms with Crippen molar-refractivity contribution >= 4 is 11.4 Å². The third-order valence-corrected chi connectivity index (χ3v) is 3.09. The van der Waals surface area contributed by atoms with Gasteiger partial charge in [-0.25, -0.2) is 8.78 Å². The largest absolute Gasteiger partial charge is 0.487 e. The lowest BCUT2D eigenvalue weighted by Crippen LogP contribution is -2.00. The SMILES string of the molecule is Nc1cc(F)c(F)cc1OCc1ccccc1.Nc1ccccc1. The number of halogens is 2. The maximum Gasteiger partial charge on any atom is 0.162 e. The Labute approximate surface area is 139 Å². The first-order valence-corrected chi connectivity index (χ1v) is 7.28. The van der Waals surface area contributed by atoms with E-state index in [0.717, 1.165) is 23.4 Å². The minimum atomic E-state index is -0.977. The summed E-state index contributed by atoms with van der Waals surface area (Å²) in [5, 5.41) is 0. The molecule has 0 fully saturated rings. The first-order chi connectivity index (χ1) is 11.6. The van der Waals surface area contributed by atoms with Crippen LogP contribution in [0.15, 0.2) is 72.8 Å². The van der Waals surface area contributed by atoms with E-state index in [0.29, 0.717) is 0 Å². The summed E-state index contributed by atoms with van der Waals surface area (Å²) in [6.07, 6.45) is 0. The van der Waals surface area contributed by atoms with Gasteiger partial charge in [-0.2, -0.15) is 0 Å². The van der Waals surface area contributed by atoms with Gasteiger partial charge in [0.15, 0.2) is 11.6 Å². The molecule has 3 nitrogen and oxygen atoms in total. The van der Waals surface area contributed by atoms with Crippen molar-refractivity contribution in [2.45, 2.75) is 6.61 Å². The minimum absolute atomic E-state index is 0.0832. The van der Waals surface area contributed by atoms with E-state index in [2.05, 4.69) is 0 Å². The van der Waals surface area contributed by atoms with E-state index in [1.807, 2.05) is 60.7 Å². The van der Waals surface area contributed by atoms with Gasteiger partial charge in [0.2, 0.25) is 0 Å². The monoisotopic (exact) mass is 328 g/mol. The van der Waals surface area contributed by atoms with Gasteiger partial charge in [-0.15, -0.1) is 0 Å². The highest BCUT2D eigenvalue weighted by Crippen LogP contribution is 2.25. The van der Waals surface area contributed by atoms with Crippen molar-refractivity contribution in [3.05, 3.63) is 90.0 Å². The fraction of sp³-hybridized carbons (Fsp3) is 0.0526. The minimum Gasteiger partial charge on any atom is -0.487 e. The van der Waals surface area contributed by atoms with Gasteiger partial charge in [0.1, 0.15) is 12.4 Å². The van der Waals surface area contributed by atoms with Crippen LogP contribution < -0.4 is 16.2 Å². The van der Waals surface area contributed by atoms with Crippen LogP contribution in [-0.4, -0.2) is 0 Å². The molecule has 24 heavy (non-hydrogen) atoms. The average molecular weight is 328 g/mol. The summed E-state index contributed by atoms with van der Waals surface area (Å²) in [5.41, 5.74) is 12.7. The molecular formula is C19H18F2N2O. The van der Waals surface area contributed by atoms with E-state index in [1.54, 1.807) is 0 Å². The molecule has 3 rings (SSSR count). The normalized spacial score (nSPS) is 9.75. The first kappa shape index (κ1) is 17.3. The van der Waals surface area contributed by atoms with Gasteiger partial charge in [-0.1, -0.05) is 48.5 Å². The molecule has 3 aromatic rings. The summed E-state index contributed by atoms with van der Waals surface area (Å²) in [7, 11) is 0. The van der Waals surface area contributed by atoms with Crippen molar-refractivity contribution in [3.63, 3.8) is 0 Å². The van der Waals surface area contributed by atoms with E-state index in [-0.39, 0.29) is 18.0 Å². The Morgan fingerprint density at radius 1 is 0.750 bits per heavy atom. The van der Waals surface area contributed by atoms with E-state index in [1.165, 1.54) is 0 Å². The first-order valence-electron chi connectivity index (χ1n) is 7.28. The number of para-hydroxylation sites is 1. The van der Waals surface area contributed by atoms with Crippen LogP contribution in [0, 0.1) is 11.6 Å². The Morgan fingerprint density at radius 2 is 1.29 bits per heavy atom. The van der Waals surface area contributed by atoms with Crippen molar-refractivity contribution in [1.29, 1.82) is 0 Å². The predicted octanol–water partition coefficient (Wildman–Crippen LogP) is 4.39. The van der Waals surface area contributed by atoms with E-state index >= 15 is 0 Å². The van der Waals surface area contributed by atoms with Crippen LogP contribution in [0.2, 0.25) is 0 Å². The lowest BCUT2D eigenvalue weighted by molar-refractivity contribution is 0.305. The lowest BCUT2D eigenvalue weighted by Gasteiger charge is -2.09. The molecule has 0 aliphatic carbocycles. The lowest BCUT2D eigenvalue weighted by atomic mass is 10.2. The molecule has 3 aromatic carbocycles. The summed E-state index contributed by atoms with van der Waals surface area (Å²) < 4.78 is 31.1. The fourth-order valence-corrected chi connectivity index (χ4v) is 1.86. The quantitative estimate of drug-likeness (QED) is 0.701. The van der Waals surface area contributed by atoms with Gasteiger partial charge in [0, 0.05) is 17.8 Å². The fourth-order valence-electron chi connectivity index (χ4n) is 1.86. The van der Waals surface area contributed by atoms with Gasteiger partial charge < -0.3 is 16.2 Å². The number of rotatable bonds is 3. The van der Waals surface area contributed by atoms with Gasteiger partial charge >= 0.3 is 0 Å². The maximum absolute atomic E-state index is 13.0. The molecule has 0 aliphatic heterocycles. The number of nitrogen functional groups attached to an aromatic ring is 2. The molecule has 0 radical (unpaired) electrons.